The van der Waals surface area contributed by atoms with Gasteiger partial charge in [0.1, 0.15) is 0 Å². The maximum Gasteiger partial charge on any atom is 0.162 e. The monoisotopic (exact) mass is 295 g/mol. The average molecular weight is 295 g/mol. The van der Waals surface area contributed by atoms with Gasteiger partial charge in [0.15, 0.2) is 11.6 Å². The molecule has 1 N–H and O–H groups in total. The lowest BCUT2D eigenvalue weighted by Gasteiger charge is -2.35. The third kappa shape index (κ3) is 4.26. The topological polar surface area (TPSA) is 12.0 Å². The minimum absolute atomic E-state index is 0.251. The van der Waals surface area contributed by atoms with Crippen molar-refractivity contribution < 1.29 is 8.78 Å². The van der Waals surface area contributed by atoms with E-state index in [1.165, 1.54) is 38.2 Å². The van der Waals surface area contributed by atoms with Crippen LogP contribution in [0.5, 0.6) is 0 Å². The van der Waals surface area contributed by atoms with Crippen LogP contribution in [0, 0.1) is 23.5 Å². The highest BCUT2D eigenvalue weighted by Crippen LogP contribution is 2.34. The van der Waals surface area contributed by atoms with Crippen molar-refractivity contribution in [3.8, 4) is 0 Å². The summed E-state index contributed by atoms with van der Waals surface area (Å²) in [7, 11) is 0. The fourth-order valence-corrected chi connectivity index (χ4v) is 3.68. The molecule has 118 valence electrons. The van der Waals surface area contributed by atoms with Gasteiger partial charge in [-0.3, -0.25) is 0 Å². The van der Waals surface area contributed by atoms with E-state index < -0.39 is 11.6 Å². The predicted octanol–water partition coefficient (Wildman–Crippen LogP) is 4.70. The quantitative estimate of drug-likeness (QED) is 0.802. The van der Waals surface area contributed by atoms with Crippen LogP contribution < -0.4 is 5.32 Å². The number of halogens is 2. The number of hydrogen-bond acceptors (Lipinski definition) is 1. The second-order valence-corrected chi connectivity index (χ2v) is 6.28. The summed E-state index contributed by atoms with van der Waals surface area (Å²) in [6.07, 6.45) is 6.80. The fourth-order valence-electron chi connectivity index (χ4n) is 3.68. The van der Waals surface area contributed by atoms with Gasteiger partial charge in [-0.2, -0.15) is 0 Å². The van der Waals surface area contributed by atoms with Crippen LogP contribution in [-0.4, -0.2) is 12.6 Å². The molecule has 0 bridgehead atoms. The molecule has 21 heavy (non-hydrogen) atoms. The summed E-state index contributed by atoms with van der Waals surface area (Å²) in [5.41, 5.74) is 0.500. The van der Waals surface area contributed by atoms with Crippen LogP contribution in [0.4, 0.5) is 8.78 Å². The minimum Gasteiger partial charge on any atom is -0.314 e. The Kier molecular flexibility index (Phi) is 6.16. The fraction of sp³-hybridized carbons (Fsp3) is 0.667. The molecule has 0 saturated heterocycles. The average Bonchev–Trinajstić information content (AvgIpc) is 2.51. The summed E-state index contributed by atoms with van der Waals surface area (Å²) in [5.74, 6) is -0.0466. The first kappa shape index (κ1) is 16.4. The summed E-state index contributed by atoms with van der Waals surface area (Å²) < 4.78 is 27.3. The van der Waals surface area contributed by atoms with E-state index in [1.54, 1.807) is 12.1 Å². The normalized spacial score (nSPS) is 24.0. The van der Waals surface area contributed by atoms with E-state index in [0.717, 1.165) is 12.5 Å². The van der Waals surface area contributed by atoms with Gasteiger partial charge in [0.25, 0.3) is 0 Å². The summed E-state index contributed by atoms with van der Waals surface area (Å²) in [6, 6.07) is 4.75. The van der Waals surface area contributed by atoms with Crippen LogP contribution in [-0.2, 0) is 6.42 Å². The van der Waals surface area contributed by atoms with E-state index in [2.05, 4.69) is 19.2 Å². The predicted molar refractivity (Wildman–Crippen MR) is 83.3 cm³/mol. The Hall–Kier alpha value is -0.960. The lowest BCUT2D eigenvalue weighted by molar-refractivity contribution is 0.207. The summed E-state index contributed by atoms with van der Waals surface area (Å²) in [5, 5.41) is 3.50. The van der Waals surface area contributed by atoms with Crippen LogP contribution in [0.1, 0.15) is 51.5 Å². The number of nitrogens with one attached hydrogen (secondary N) is 1. The highest BCUT2D eigenvalue weighted by molar-refractivity contribution is 5.20. The SMILES string of the molecule is CCNC(Cc1cccc(F)c1F)C1CCCC(CC)C1. The Balaban J connectivity index is 2.09. The van der Waals surface area contributed by atoms with Crippen LogP contribution in [0.2, 0.25) is 0 Å². The molecule has 2 rings (SSSR count). The van der Waals surface area contributed by atoms with Gasteiger partial charge in [-0.15, -0.1) is 0 Å². The smallest absolute Gasteiger partial charge is 0.162 e. The molecule has 1 aromatic rings. The van der Waals surface area contributed by atoms with E-state index >= 15 is 0 Å². The second kappa shape index (κ2) is 7.88. The van der Waals surface area contributed by atoms with Crippen LogP contribution in [0.25, 0.3) is 0 Å². The highest BCUT2D eigenvalue weighted by Gasteiger charge is 2.28. The van der Waals surface area contributed by atoms with Gasteiger partial charge >= 0.3 is 0 Å². The standard InChI is InChI=1S/C18H27F2N/c1-3-13-7-5-8-14(11-13)17(21-4-2)12-15-9-6-10-16(19)18(15)20/h6,9-10,13-14,17,21H,3-5,7-8,11-12H2,1-2H3. The van der Waals surface area contributed by atoms with Crippen LogP contribution in [0.3, 0.4) is 0 Å². The number of rotatable bonds is 6. The van der Waals surface area contributed by atoms with Crippen molar-refractivity contribution in [2.45, 2.75) is 58.4 Å². The van der Waals surface area contributed by atoms with Crippen molar-refractivity contribution >= 4 is 0 Å². The van der Waals surface area contributed by atoms with Crippen molar-refractivity contribution in [2.24, 2.45) is 11.8 Å². The molecule has 0 amide bonds. The first-order chi connectivity index (χ1) is 10.2. The Morgan fingerprint density at radius 1 is 1.24 bits per heavy atom. The van der Waals surface area contributed by atoms with Gasteiger partial charge in [0.2, 0.25) is 0 Å². The first-order valence-electron chi connectivity index (χ1n) is 8.31. The van der Waals surface area contributed by atoms with Crippen molar-refractivity contribution in [3.63, 3.8) is 0 Å². The van der Waals surface area contributed by atoms with E-state index in [4.69, 9.17) is 0 Å². The molecule has 1 aromatic carbocycles. The molecule has 3 atom stereocenters. The van der Waals surface area contributed by atoms with Gasteiger partial charge in [0, 0.05) is 6.04 Å². The van der Waals surface area contributed by atoms with E-state index in [-0.39, 0.29) is 6.04 Å². The maximum atomic E-state index is 13.9. The molecular formula is C18H27F2N. The lowest BCUT2D eigenvalue weighted by atomic mass is 9.75. The molecule has 0 aromatic heterocycles. The maximum absolute atomic E-state index is 13.9. The molecule has 1 nitrogen and oxygen atoms in total. The second-order valence-electron chi connectivity index (χ2n) is 6.28. The Labute approximate surface area is 127 Å². The third-order valence-electron chi connectivity index (χ3n) is 4.91. The molecule has 0 spiro atoms. The van der Waals surface area contributed by atoms with Gasteiger partial charge in [-0.25, -0.2) is 8.78 Å². The van der Waals surface area contributed by atoms with Gasteiger partial charge in [0.05, 0.1) is 0 Å². The largest absolute Gasteiger partial charge is 0.314 e. The first-order valence-corrected chi connectivity index (χ1v) is 8.31. The van der Waals surface area contributed by atoms with Crippen molar-refractivity contribution in [1.82, 2.24) is 5.32 Å². The lowest BCUT2D eigenvalue weighted by Crippen LogP contribution is -2.40. The van der Waals surface area contributed by atoms with Gasteiger partial charge in [-0.1, -0.05) is 45.2 Å². The molecule has 0 aliphatic heterocycles. The van der Waals surface area contributed by atoms with Gasteiger partial charge in [-0.05, 0) is 49.3 Å². The van der Waals surface area contributed by atoms with Crippen molar-refractivity contribution in [1.29, 1.82) is 0 Å². The Morgan fingerprint density at radius 2 is 2.05 bits per heavy atom. The molecule has 3 unspecified atom stereocenters. The molecule has 1 fully saturated rings. The van der Waals surface area contributed by atoms with Crippen LogP contribution >= 0.6 is 0 Å². The summed E-state index contributed by atoms with van der Waals surface area (Å²) >= 11 is 0. The molecule has 1 aliphatic rings. The molecule has 1 saturated carbocycles. The minimum atomic E-state index is -0.738. The zero-order chi connectivity index (χ0) is 15.2. The zero-order valence-electron chi connectivity index (χ0n) is 13.2. The number of likely N-dealkylation sites (N-methyl/N-ethyl adjacent to an activating group) is 1. The summed E-state index contributed by atoms with van der Waals surface area (Å²) in [4.78, 5) is 0. The Morgan fingerprint density at radius 3 is 2.76 bits per heavy atom. The molecule has 0 radical (unpaired) electrons. The molecule has 0 heterocycles. The third-order valence-corrected chi connectivity index (χ3v) is 4.91. The van der Waals surface area contributed by atoms with E-state index in [1.807, 2.05) is 0 Å². The number of hydrogen-bond donors (Lipinski definition) is 1. The summed E-state index contributed by atoms with van der Waals surface area (Å²) in [6.45, 7) is 5.20. The molecular weight excluding hydrogens is 268 g/mol. The van der Waals surface area contributed by atoms with E-state index in [0.29, 0.717) is 17.9 Å². The van der Waals surface area contributed by atoms with Crippen molar-refractivity contribution in [3.05, 3.63) is 35.4 Å². The number of benzene rings is 1. The van der Waals surface area contributed by atoms with E-state index in [9.17, 15) is 8.78 Å². The highest BCUT2D eigenvalue weighted by atomic mass is 19.2. The Bertz CT molecular complexity index is 447. The molecule has 3 heteroatoms. The van der Waals surface area contributed by atoms with Crippen LogP contribution in [0.15, 0.2) is 18.2 Å². The zero-order valence-corrected chi connectivity index (χ0v) is 13.2. The van der Waals surface area contributed by atoms with Crippen molar-refractivity contribution in [2.75, 3.05) is 6.54 Å². The molecule has 1 aliphatic carbocycles. The van der Waals surface area contributed by atoms with Gasteiger partial charge < -0.3 is 5.32 Å².